The van der Waals surface area contributed by atoms with Gasteiger partial charge in [-0.3, -0.25) is 0 Å². The van der Waals surface area contributed by atoms with Gasteiger partial charge in [0.2, 0.25) is 5.60 Å². The summed E-state index contributed by atoms with van der Waals surface area (Å²) in [5, 5.41) is 4.88. The Morgan fingerprint density at radius 1 is 0.742 bits per heavy atom. The minimum atomic E-state index is -0.811. The molecule has 2 aliphatic rings. The number of benzene rings is 3. The summed E-state index contributed by atoms with van der Waals surface area (Å²) in [6.07, 6.45) is 11.1. The molecule has 3 aromatic rings. The second-order valence-corrected chi connectivity index (χ2v) is 8.28. The fraction of sp³-hybridized carbons (Fsp3) is 0.207. The van der Waals surface area contributed by atoms with E-state index in [9.17, 15) is 0 Å². The van der Waals surface area contributed by atoms with E-state index >= 15 is 0 Å². The summed E-state index contributed by atoms with van der Waals surface area (Å²) in [7, 11) is 0. The molecule has 2 heteroatoms. The zero-order valence-corrected chi connectivity index (χ0v) is 17.7. The van der Waals surface area contributed by atoms with Gasteiger partial charge in [0.1, 0.15) is 0 Å². The van der Waals surface area contributed by atoms with E-state index in [2.05, 4.69) is 91.0 Å². The molecule has 1 unspecified atom stereocenters. The molecule has 2 nitrogen and oxygen atoms in total. The third-order valence-electron chi connectivity index (χ3n) is 6.41. The molecule has 0 radical (unpaired) electrons. The quantitative estimate of drug-likeness (QED) is 0.330. The van der Waals surface area contributed by atoms with Gasteiger partial charge in [0.25, 0.3) is 0 Å². The van der Waals surface area contributed by atoms with Gasteiger partial charge in [-0.1, -0.05) is 114 Å². The van der Waals surface area contributed by atoms with Crippen molar-refractivity contribution in [2.24, 2.45) is 11.1 Å². The number of hydrogen-bond donors (Lipinski definition) is 0. The molecule has 5 rings (SSSR count). The Morgan fingerprint density at radius 2 is 1.29 bits per heavy atom. The van der Waals surface area contributed by atoms with Crippen LogP contribution in [0.1, 0.15) is 42.4 Å². The molecule has 31 heavy (non-hydrogen) atoms. The second-order valence-electron chi connectivity index (χ2n) is 8.28. The third-order valence-corrected chi connectivity index (χ3v) is 6.41. The Kier molecular flexibility index (Phi) is 5.54. The van der Waals surface area contributed by atoms with E-state index in [1.54, 1.807) is 0 Å². The lowest BCUT2D eigenvalue weighted by atomic mass is 9.78. The highest BCUT2D eigenvalue weighted by atomic mass is 16.6. The summed E-state index contributed by atoms with van der Waals surface area (Å²) in [4.78, 5) is 6.70. The Balaban J connectivity index is 1.67. The number of allylic oxidation sites excluding steroid dienone is 4. The molecular weight excluding hydrogens is 378 g/mol. The Labute approximate surface area is 184 Å². The minimum absolute atomic E-state index is 0.570. The van der Waals surface area contributed by atoms with E-state index in [-0.39, 0.29) is 0 Å². The van der Waals surface area contributed by atoms with Crippen LogP contribution in [0.3, 0.4) is 0 Å². The van der Waals surface area contributed by atoms with Gasteiger partial charge in [0.15, 0.2) is 0 Å². The van der Waals surface area contributed by atoms with Crippen molar-refractivity contribution >= 4 is 5.71 Å². The molecule has 1 fully saturated rings. The average molecular weight is 406 g/mol. The molecule has 0 bridgehead atoms. The lowest BCUT2D eigenvalue weighted by molar-refractivity contribution is 0.0166. The molecule has 0 spiro atoms. The molecule has 1 saturated carbocycles. The molecule has 0 heterocycles. The van der Waals surface area contributed by atoms with Crippen LogP contribution in [0, 0.1) is 5.92 Å². The fourth-order valence-corrected chi connectivity index (χ4v) is 4.84. The first-order valence-corrected chi connectivity index (χ1v) is 11.2. The number of nitrogens with zero attached hydrogens (tertiary/aromatic N) is 1. The normalized spacial score (nSPS) is 19.5. The van der Waals surface area contributed by atoms with Gasteiger partial charge in [-0.05, 0) is 37.2 Å². The van der Waals surface area contributed by atoms with Crippen molar-refractivity contribution in [3.63, 3.8) is 0 Å². The Bertz CT molecular complexity index is 1000. The molecule has 2 aliphatic carbocycles. The first-order chi connectivity index (χ1) is 15.4. The fourth-order valence-electron chi connectivity index (χ4n) is 4.84. The molecule has 0 saturated heterocycles. The van der Waals surface area contributed by atoms with Crippen LogP contribution in [-0.4, -0.2) is 5.71 Å². The SMILES string of the molecule is C1=CCC2CCCC(=NOC(c3ccccc3)(c3ccccc3)c3ccccc3)C2=C1. The van der Waals surface area contributed by atoms with Crippen molar-refractivity contribution in [3.05, 3.63) is 131 Å². The van der Waals surface area contributed by atoms with Gasteiger partial charge in [0.05, 0.1) is 5.71 Å². The summed E-state index contributed by atoms with van der Waals surface area (Å²) in [5.41, 5.74) is 4.84. The van der Waals surface area contributed by atoms with Crippen LogP contribution >= 0.6 is 0 Å². The van der Waals surface area contributed by atoms with Crippen molar-refractivity contribution in [2.45, 2.75) is 31.3 Å². The zero-order valence-electron chi connectivity index (χ0n) is 17.7. The van der Waals surface area contributed by atoms with Crippen LogP contribution < -0.4 is 0 Å². The monoisotopic (exact) mass is 405 g/mol. The Hall–Kier alpha value is -3.39. The largest absolute Gasteiger partial charge is 0.374 e. The maximum absolute atomic E-state index is 6.70. The second kappa shape index (κ2) is 8.77. The van der Waals surface area contributed by atoms with Crippen LogP contribution in [0.2, 0.25) is 0 Å². The highest BCUT2D eigenvalue weighted by molar-refractivity contribution is 6.01. The molecule has 154 valence electrons. The van der Waals surface area contributed by atoms with Gasteiger partial charge in [-0.2, -0.15) is 0 Å². The predicted octanol–water partition coefficient (Wildman–Crippen LogP) is 7.04. The maximum Gasteiger partial charge on any atom is 0.212 e. The number of fused-ring (bicyclic) bond motifs is 1. The first kappa shape index (κ1) is 19.6. The summed E-state index contributed by atoms with van der Waals surface area (Å²) in [6.45, 7) is 0. The van der Waals surface area contributed by atoms with E-state index in [1.165, 1.54) is 12.0 Å². The van der Waals surface area contributed by atoms with Crippen molar-refractivity contribution in [2.75, 3.05) is 0 Å². The third kappa shape index (κ3) is 3.74. The van der Waals surface area contributed by atoms with Crippen molar-refractivity contribution in [1.29, 1.82) is 0 Å². The summed E-state index contributed by atoms with van der Waals surface area (Å²) in [5.74, 6) is 0.570. The lowest BCUT2D eigenvalue weighted by Crippen LogP contribution is -2.32. The molecule has 0 aliphatic heterocycles. The van der Waals surface area contributed by atoms with Gasteiger partial charge in [0, 0.05) is 16.7 Å². The van der Waals surface area contributed by atoms with Gasteiger partial charge >= 0.3 is 0 Å². The standard InChI is InChI=1S/C29H27NO/c1-4-15-24(16-5-1)29(25-17-6-2-7-18-25,26-19-8-3-9-20-26)31-30-28-22-12-14-23-13-10-11-21-27(23)28/h1-11,15-21,23H,12-14,22H2. The first-order valence-electron chi connectivity index (χ1n) is 11.2. The van der Waals surface area contributed by atoms with Crippen LogP contribution in [0.25, 0.3) is 0 Å². The molecule has 3 aromatic carbocycles. The maximum atomic E-state index is 6.70. The van der Waals surface area contributed by atoms with Crippen LogP contribution in [-0.2, 0) is 10.4 Å². The van der Waals surface area contributed by atoms with E-state index in [0.717, 1.165) is 41.7 Å². The van der Waals surface area contributed by atoms with E-state index < -0.39 is 5.60 Å². The number of rotatable bonds is 5. The summed E-state index contributed by atoms with van der Waals surface area (Å²) >= 11 is 0. The van der Waals surface area contributed by atoms with E-state index in [1.807, 2.05) is 18.2 Å². The number of oxime groups is 1. The molecule has 0 aromatic heterocycles. The minimum Gasteiger partial charge on any atom is -0.374 e. The summed E-state index contributed by atoms with van der Waals surface area (Å²) in [6, 6.07) is 31.3. The van der Waals surface area contributed by atoms with E-state index in [4.69, 9.17) is 9.99 Å². The summed E-state index contributed by atoms with van der Waals surface area (Å²) < 4.78 is 0. The average Bonchev–Trinajstić information content (AvgIpc) is 2.86. The highest BCUT2D eigenvalue weighted by Crippen LogP contribution is 2.41. The molecule has 0 N–H and O–H groups in total. The lowest BCUT2D eigenvalue weighted by Gasteiger charge is -2.34. The van der Waals surface area contributed by atoms with Gasteiger partial charge < -0.3 is 4.84 Å². The predicted molar refractivity (Wildman–Crippen MR) is 127 cm³/mol. The van der Waals surface area contributed by atoms with Crippen molar-refractivity contribution in [3.8, 4) is 0 Å². The molecule has 0 amide bonds. The van der Waals surface area contributed by atoms with Crippen LogP contribution in [0.15, 0.2) is 120 Å². The van der Waals surface area contributed by atoms with Crippen molar-refractivity contribution in [1.82, 2.24) is 0 Å². The Morgan fingerprint density at radius 3 is 1.84 bits per heavy atom. The highest BCUT2D eigenvalue weighted by Gasteiger charge is 2.40. The smallest absolute Gasteiger partial charge is 0.212 e. The topological polar surface area (TPSA) is 21.6 Å². The van der Waals surface area contributed by atoms with Crippen LogP contribution in [0.4, 0.5) is 0 Å². The number of hydrogen-bond acceptors (Lipinski definition) is 2. The van der Waals surface area contributed by atoms with Gasteiger partial charge in [-0.25, -0.2) is 0 Å². The van der Waals surface area contributed by atoms with Gasteiger partial charge in [-0.15, -0.1) is 0 Å². The molecule has 1 atom stereocenters. The zero-order chi connectivity index (χ0) is 20.9. The van der Waals surface area contributed by atoms with E-state index in [0.29, 0.717) is 5.92 Å². The van der Waals surface area contributed by atoms with Crippen molar-refractivity contribution < 1.29 is 4.84 Å². The molecular formula is C29H27NO. The van der Waals surface area contributed by atoms with Crippen LogP contribution in [0.5, 0.6) is 0 Å².